The van der Waals surface area contributed by atoms with Gasteiger partial charge in [0.1, 0.15) is 12.4 Å². The molecule has 1 atom stereocenters. The molecule has 1 saturated heterocycles. The lowest BCUT2D eigenvalue weighted by atomic mass is 10.00. The third-order valence-corrected chi connectivity index (χ3v) is 3.06. The molecule has 0 spiro atoms. The lowest BCUT2D eigenvalue weighted by Crippen LogP contribution is -2.11. The average Bonchev–Trinajstić information content (AvgIpc) is 2.75. The number of unbranched alkanes of at least 4 members (excludes halogenated alkanes) is 3. The largest absolute Gasteiger partial charge is 0.458 e. The molecule has 0 aromatic rings. The molecular weight excluding hydrogens is 216 g/mol. The van der Waals surface area contributed by atoms with Crippen LogP contribution in [0.3, 0.4) is 0 Å². The van der Waals surface area contributed by atoms with Crippen LogP contribution in [0.4, 0.5) is 0 Å². The molecule has 0 amide bonds. The van der Waals surface area contributed by atoms with Crippen molar-refractivity contribution in [1.82, 2.24) is 0 Å². The number of allylic oxidation sites excluding steroid dienone is 1. The monoisotopic (exact) mass is 238 g/mol. The maximum atomic E-state index is 11.1. The highest BCUT2D eigenvalue weighted by molar-refractivity contribution is 5.72. The maximum Gasteiger partial charge on any atom is 0.306 e. The second-order valence-corrected chi connectivity index (χ2v) is 4.50. The molecule has 0 aromatic heterocycles. The number of cyclic esters (lactones) is 1. The van der Waals surface area contributed by atoms with E-state index in [0.717, 1.165) is 31.1 Å². The van der Waals surface area contributed by atoms with Crippen molar-refractivity contribution in [3.05, 3.63) is 11.6 Å². The Hall–Kier alpha value is -1.12. The Labute approximate surface area is 103 Å². The van der Waals surface area contributed by atoms with Gasteiger partial charge in [-0.15, -0.1) is 0 Å². The summed E-state index contributed by atoms with van der Waals surface area (Å²) in [6.45, 7) is 2.18. The van der Waals surface area contributed by atoms with Gasteiger partial charge in [-0.3, -0.25) is 4.79 Å². The molecule has 1 aliphatic heterocycles. The minimum atomic E-state index is -0.111. The van der Waals surface area contributed by atoms with E-state index in [-0.39, 0.29) is 12.1 Å². The quantitative estimate of drug-likeness (QED) is 0.282. The Bertz CT molecular complexity index is 281. The smallest absolute Gasteiger partial charge is 0.306 e. The van der Waals surface area contributed by atoms with Crippen molar-refractivity contribution in [3.8, 4) is 0 Å². The first-order valence-corrected chi connectivity index (χ1v) is 6.60. The zero-order chi connectivity index (χ0) is 12.5. The topological polar surface area (TPSA) is 43.4 Å². The third-order valence-electron chi connectivity index (χ3n) is 3.06. The summed E-state index contributed by atoms with van der Waals surface area (Å²) in [7, 11) is 0. The van der Waals surface area contributed by atoms with E-state index >= 15 is 0 Å². The van der Waals surface area contributed by atoms with Crippen molar-refractivity contribution in [2.75, 3.05) is 0 Å². The van der Waals surface area contributed by atoms with Gasteiger partial charge in [0, 0.05) is 12.8 Å². The predicted octanol–water partition coefficient (Wildman–Crippen LogP) is 3.18. The lowest BCUT2D eigenvalue weighted by molar-refractivity contribution is -0.140. The molecule has 17 heavy (non-hydrogen) atoms. The average molecular weight is 238 g/mol. The van der Waals surface area contributed by atoms with Gasteiger partial charge in [-0.2, -0.15) is 0 Å². The number of hydrogen-bond donors (Lipinski definition) is 0. The minimum Gasteiger partial charge on any atom is -0.458 e. The van der Waals surface area contributed by atoms with E-state index in [1.54, 1.807) is 0 Å². The number of esters is 1. The molecule has 0 aliphatic carbocycles. The van der Waals surface area contributed by atoms with Gasteiger partial charge in [0.15, 0.2) is 0 Å². The fraction of sp³-hybridized carbons (Fsp3) is 0.714. The summed E-state index contributed by atoms with van der Waals surface area (Å²) in [5, 5.41) is 0. The number of carbonyl (C=O) groups excluding carboxylic acids is 2. The summed E-state index contributed by atoms with van der Waals surface area (Å²) in [4.78, 5) is 21.5. The molecule has 0 bridgehead atoms. The maximum absolute atomic E-state index is 11.1. The van der Waals surface area contributed by atoms with Crippen LogP contribution in [0.2, 0.25) is 0 Å². The van der Waals surface area contributed by atoms with Crippen LogP contribution in [0.25, 0.3) is 0 Å². The molecule has 0 N–H and O–H groups in total. The molecule has 1 rings (SSSR count). The van der Waals surface area contributed by atoms with E-state index < -0.39 is 0 Å². The van der Waals surface area contributed by atoms with Gasteiger partial charge >= 0.3 is 5.97 Å². The van der Waals surface area contributed by atoms with Crippen molar-refractivity contribution in [2.45, 2.75) is 64.4 Å². The van der Waals surface area contributed by atoms with Gasteiger partial charge in [0.25, 0.3) is 0 Å². The summed E-state index contributed by atoms with van der Waals surface area (Å²) in [6.07, 6.45) is 10.2. The van der Waals surface area contributed by atoms with Gasteiger partial charge in [-0.1, -0.05) is 25.8 Å². The summed E-state index contributed by atoms with van der Waals surface area (Å²) in [6, 6.07) is 0. The first-order valence-electron chi connectivity index (χ1n) is 6.60. The van der Waals surface area contributed by atoms with E-state index in [9.17, 15) is 9.59 Å². The lowest BCUT2D eigenvalue weighted by Gasteiger charge is -2.13. The minimum absolute atomic E-state index is 0.0657. The third kappa shape index (κ3) is 5.16. The van der Waals surface area contributed by atoms with E-state index in [1.165, 1.54) is 19.3 Å². The predicted molar refractivity (Wildman–Crippen MR) is 66.6 cm³/mol. The Morgan fingerprint density at radius 3 is 2.82 bits per heavy atom. The van der Waals surface area contributed by atoms with Crippen molar-refractivity contribution >= 4 is 12.3 Å². The molecule has 1 aliphatic rings. The van der Waals surface area contributed by atoms with Gasteiger partial charge in [0.05, 0.1) is 0 Å². The molecule has 96 valence electrons. The number of rotatable bonds is 8. The van der Waals surface area contributed by atoms with E-state index in [4.69, 9.17) is 4.74 Å². The molecule has 1 heterocycles. The first kappa shape index (κ1) is 13.9. The molecule has 3 heteroatoms. The first-order chi connectivity index (χ1) is 8.27. The summed E-state index contributed by atoms with van der Waals surface area (Å²) in [5.41, 5.74) is 1.14. The van der Waals surface area contributed by atoms with Crippen molar-refractivity contribution in [1.29, 1.82) is 0 Å². The van der Waals surface area contributed by atoms with Crippen molar-refractivity contribution < 1.29 is 14.3 Å². The van der Waals surface area contributed by atoms with Gasteiger partial charge in [-0.05, 0) is 31.3 Å². The molecular formula is C14H22O3. The van der Waals surface area contributed by atoms with E-state index in [2.05, 4.69) is 13.0 Å². The highest BCUT2D eigenvalue weighted by Crippen LogP contribution is 2.24. The molecule has 1 unspecified atom stereocenters. The van der Waals surface area contributed by atoms with Gasteiger partial charge < -0.3 is 9.53 Å². The number of carbonyl (C=O) groups is 2. The highest BCUT2D eigenvalue weighted by atomic mass is 16.5. The highest BCUT2D eigenvalue weighted by Gasteiger charge is 2.25. The zero-order valence-electron chi connectivity index (χ0n) is 10.6. The number of hydrogen-bond acceptors (Lipinski definition) is 3. The second-order valence-electron chi connectivity index (χ2n) is 4.50. The van der Waals surface area contributed by atoms with Gasteiger partial charge in [0.2, 0.25) is 0 Å². The molecule has 1 fully saturated rings. The Kier molecular flexibility index (Phi) is 6.60. The van der Waals surface area contributed by atoms with E-state index in [1.807, 2.05) is 0 Å². The molecule has 0 saturated carbocycles. The van der Waals surface area contributed by atoms with Crippen LogP contribution in [0, 0.1) is 0 Å². The standard InChI is InChI=1S/C14H22O3/c1-2-3-4-5-7-12(8-6-11-15)13-9-10-14(16)17-13/h7,11,13H,2-6,8-10H2,1H3/b12-7-. The summed E-state index contributed by atoms with van der Waals surface area (Å²) < 4.78 is 5.25. The fourth-order valence-corrected chi connectivity index (χ4v) is 2.09. The number of ether oxygens (including phenoxy) is 1. The Balaban J connectivity index is 2.46. The van der Waals surface area contributed by atoms with Crippen LogP contribution in [0.5, 0.6) is 0 Å². The zero-order valence-corrected chi connectivity index (χ0v) is 10.6. The normalized spacial score (nSPS) is 20.4. The summed E-state index contributed by atoms with van der Waals surface area (Å²) in [5.74, 6) is -0.111. The van der Waals surface area contributed by atoms with Crippen molar-refractivity contribution in [2.24, 2.45) is 0 Å². The Morgan fingerprint density at radius 1 is 1.41 bits per heavy atom. The summed E-state index contributed by atoms with van der Waals surface area (Å²) >= 11 is 0. The van der Waals surface area contributed by atoms with Crippen molar-refractivity contribution in [3.63, 3.8) is 0 Å². The van der Waals surface area contributed by atoms with Crippen LogP contribution in [-0.2, 0) is 14.3 Å². The van der Waals surface area contributed by atoms with Crippen LogP contribution in [0.1, 0.15) is 58.3 Å². The molecule has 0 aromatic carbocycles. The van der Waals surface area contributed by atoms with Gasteiger partial charge in [-0.25, -0.2) is 0 Å². The SMILES string of the molecule is CCCCC/C=C(/CCC=O)C1CCC(=O)O1. The van der Waals surface area contributed by atoms with Crippen LogP contribution in [-0.4, -0.2) is 18.4 Å². The van der Waals surface area contributed by atoms with Crippen LogP contribution >= 0.6 is 0 Å². The molecule has 0 radical (unpaired) electrons. The second kappa shape index (κ2) is 8.04. The fourth-order valence-electron chi connectivity index (χ4n) is 2.09. The van der Waals surface area contributed by atoms with E-state index in [0.29, 0.717) is 12.8 Å². The van der Waals surface area contributed by atoms with Crippen LogP contribution < -0.4 is 0 Å². The number of aldehydes is 1. The Morgan fingerprint density at radius 2 is 2.24 bits per heavy atom. The molecule has 3 nitrogen and oxygen atoms in total. The van der Waals surface area contributed by atoms with Crippen LogP contribution in [0.15, 0.2) is 11.6 Å².